The fourth-order valence-corrected chi connectivity index (χ4v) is 2.58. The van der Waals surface area contributed by atoms with Gasteiger partial charge in [0, 0.05) is 11.8 Å². The Balaban J connectivity index is 2.34. The molecule has 0 atom stereocenters. The van der Waals surface area contributed by atoms with E-state index < -0.39 is 0 Å². The third-order valence-corrected chi connectivity index (χ3v) is 3.81. The first kappa shape index (κ1) is 12.4. The molecule has 3 aromatic rings. The van der Waals surface area contributed by atoms with Crippen molar-refractivity contribution in [2.75, 3.05) is 5.73 Å². The minimum atomic E-state index is -0.262. The summed E-state index contributed by atoms with van der Waals surface area (Å²) in [5.41, 5.74) is 9.35. The van der Waals surface area contributed by atoms with E-state index in [9.17, 15) is 4.39 Å². The van der Waals surface area contributed by atoms with Crippen molar-refractivity contribution in [3.05, 3.63) is 51.3 Å². The number of halogens is 2. The molecule has 5 heteroatoms. The Bertz CT molecular complexity index is 780. The van der Waals surface area contributed by atoms with Crippen molar-refractivity contribution >= 4 is 39.6 Å². The highest BCUT2D eigenvalue weighted by Gasteiger charge is 2.12. The van der Waals surface area contributed by atoms with Gasteiger partial charge in [-0.3, -0.25) is 4.57 Å². The van der Waals surface area contributed by atoms with Gasteiger partial charge >= 0.3 is 0 Å². The second kappa shape index (κ2) is 4.48. The van der Waals surface area contributed by atoms with Gasteiger partial charge in [-0.2, -0.15) is 0 Å². The Hall–Kier alpha value is -1.63. The van der Waals surface area contributed by atoms with Crippen molar-refractivity contribution in [2.45, 2.75) is 6.92 Å². The topological polar surface area (TPSA) is 43.8 Å². The number of hydrogen-bond acceptors (Lipinski definition) is 2. The fourth-order valence-electron chi connectivity index (χ4n) is 2.13. The Morgan fingerprint density at radius 1 is 1.26 bits per heavy atom. The maximum Gasteiger partial charge on any atom is 0.205 e. The van der Waals surface area contributed by atoms with Crippen LogP contribution in [0.2, 0.25) is 0 Å². The van der Waals surface area contributed by atoms with E-state index in [1.807, 2.05) is 53.8 Å². The molecule has 19 heavy (non-hydrogen) atoms. The SMILES string of the molecule is Cc1cccc(-n2c(N)nc3cc(I)c(F)cc32)c1. The molecule has 0 fully saturated rings. The quantitative estimate of drug-likeness (QED) is 0.668. The van der Waals surface area contributed by atoms with Gasteiger partial charge in [-0.25, -0.2) is 9.37 Å². The average Bonchev–Trinajstić information content (AvgIpc) is 2.65. The lowest BCUT2D eigenvalue weighted by atomic mass is 10.2. The van der Waals surface area contributed by atoms with Crippen LogP contribution in [0.3, 0.4) is 0 Å². The van der Waals surface area contributed by atoms with Crippen LogP contribution >= 0.6 is 22.6 Å². The van der Waals surface area contributed by atoms with E-state index in [1.165, 1.54) is 6.07 Å². The Morgan fingerprint density at radius 3 is 2.79 bits per heavy atom. The van der Waals surface area contributed by atoms with Crippen LogP contribution in [0.25, 0.3) is 16.7 Å². The van der Waals surface area contributed by atoms with Crippen molar-refractivity contribution in [1.82, 2.24) is 9.55 Å². The summed E-state index contributed by atoms with van der Waals surface area (Å²) in [5.74, 6) is 0.101. The predicted octanol–water partition coefficient (Wildman–Crippen LogP) is 3.66. The van der Waals surface area contributed by atoms with Crippen LogP contribution in [0.5, 0.6) is 0 Å². The van der Waals surface area contributed by atoms with Crippen LogP contribution in [0.1, 0.15) is 5.56 Å². The molecule has 0 saturated carbocycles. The second-order valence-electron chi connectivity index (χ2n) is 4.40. The van der Waals surface area contributed by atoms with E-state index in [1.54, 1.807) is 10.6 Å². The molecule has 0 aliphatic heterocycles. The van der Waals surface area contributed by atoms with Crippen LogP contribution in [-0.4, -0.2) is 9.55 Å². The molecule has 0 amide bonds. The summed E-state index contributed by atoms with van der Waals surface area (Å²) in [5, 5.41) is 0. The minimum absolute atomic E-state index is 0.262. The number of anilines is 1. The highest BCUT2D eigenvalue weighted by Crippen LogP contribution is 2.26. The van der Waals surface area contributed by atoms with E-state index in [0.717, 1.165) is 11.3 Å². The largest absolute Gasteiger partial charge is 0.369 e. The number of imidazole rings is 1. The minimum Gasteiger partial charge on any atom is -0.369 e. The number of hydrogen-bond donors (Lipinski definition) is 1. The number of nitrogens with two attached hydrogens (primary N) is 1. The number of aryl methyl sites for hydroxylation is 1. The van der Waals surface area contributed by atoms with Crippen LogP contribution in [-0.2, 0) is 0 Å². The molecule has 2 N–H and O–H groups in total. The Kier molecular flexibility index (Phi) is 2.93. The molecule has 3 nitrogen and oxygen atoms in total. The third kappa shape index (κ3) is 2.07. The third-order valence-electron chi connectivity index (χ3n) is 2.98. The summed E-state index contributed by atoms with van der Waals surface area (Å²) in [6.45, 7) is 2.00. The standard InChI is InChI=1S/C14H11FIN3/c1-8-3-2-4-9(5-8)19-13-6-10(15)11(16)7-12(13)18-14(19)17/h2-7H,1H3,(H2,17,18). The van der Waals surface area contributed by atoms with E-state index >= 15 is 0 Å². The summed E-state index contributed by atoms with van der Waals surface area (Å²) < 4.78 is 16.0. The molecule has 0 spiro atoms. The van der Waals surface area contributed by atoms with Gasteiger partial charge in [0.25, 0.3) is 0 Å². The van der Waals surface area contributed by atoms with Crippen molar-refractivity contribution in [3.8, 4) is 5.69 Å². The van der Waals surface area contributed by atoms with Crippen LogP contribution < -0.4 is 5.73 Å². The number of fused-ring (bicyclic) bond motifs is 1. The number of nitrogens with zero attached hydrogens (tertiary/aromatic N) is 2. The first-order valence-electron chi connectivity index (χ1n) is 5.76. The average molecular weight is 367 g/mol. The van der Waals surface area contributed by atoms with Crippen LogP contribution in [0.4, 0.5) is 10.3 Å². The lowest BCUT2D eigenvalue weighted by Gasteiger charge is -2.07. The zero-order valence-corrected chi connectivity index (χ0v) is 12.3. The van der Waals surface area contributed by atoms with E-state index in [4.69, 9.17) is 5.73 Å². The molecule has 0 aliphatic carbocycles. The van der Waals surface area contributed by atoms with Crippen molar-refractivity contribution in [2.24, 2.45) is 0 Å². The van der Waals surface area contributed by atoms with Gasteiger partial charge in [0.1, 0.15) is 5.82 Å². The lowest BCUT2D eigenvalue weighted by Crippen LogP contribution is -2.00. The highest BCUT2D eigenvalue weighted by atomic mass is 127. The second-order valence-corrected chi connectivity index (χ2v) is 5.56. The molecule has 1 aromatic heterocycles. The number of benzene rings is 2. The van der Waals surface area contributed by atoms with Crippen molar-refractivity contribution in [1.29, 1.82) is 0 Å². The summed E-state index contributed by atoms with van der Waals surface area (Å²) in [4.78, 5) is 4.29. The monoisotopic (exact) mass is 367 g/mol. The zero-order valence-electron chi connectivity index (χ0n) is 10.2. The van der Waals surface area contributed by atoms with Crippen molar-refractivity contribution < 1.29 is 4.39 Å². The smallest absolute Gasteiger partial charge is 0.205 e. The summed E-state index contributed by atoms with van der Waals surface area (Å²) in [6, 6.07) is 11.0. The van der Waals surface area contributed by atoms with Crippen LogP contribution in [0.15, 0.2) is 36.4 Å². The maximum atomic E-state index is 13.7. The molecular weight excluding hydrogens is 356 g/mol. The number of aromatic nitrogens is 2. The fraction of sp³-hybridized carbons (Fsp3) is 0.0714. The summed E-state index contributed by atoms with van der Waals surface area (Å²) >= 11 is 1.95. The van der Waals surface area contributed by atoms with Gasteiger partial charge in [0.2, 0.25) is 5.95 Å². The highest BCUT2D eigenvalue weighted by molar-refractivity contribution is 14.1. The molecule has 96 valence electrons. The molecular formula is C14H11FIN3. The number of rotatable bonds is 1. The van der Waals surface area contributed by atoms with E-state index in [2.05, 4.69) is 4.98 Å². The molecule has 0 bridgehead atoms. The number of nitrogen functional groups attached to an aromatic ring is 1. The predicted molar refractivity (Wildman–Crippen MR) is 82.9 cm³/mol. The van der Waals surface area contributed by atoms with Gasteiger partial charge in [-0.1, -0.05) is 12.1 Å². The molecule has 3 rings (SSSR count). The van der Waals surface area contributed by atoms with E-state index in [-0.39, 0.29) is 5.82 Å². The maximum absolute atomic E-state index is 13.7. The van der Waals surface area contributed by atoms with Gasteiger partial charge < -0.3 is 5.73 Å². The van der Waals surface area contributed by atoms with Gasteiger partial charge in [0.15, 0.2) is 0 Å². The summed E-state index contributed by atoms with van der Waals surface area (Å²) in [7, 11) is 0. The first-order chi connectivity index (χ1) is 9.06. The Morgan fingerprint density at radius 2 is 2.05 bits per heavy atom. The molecule has 0 saturated heterocycles. The normalized spacial score (nSPS) is 11.1. The molecule has 0 radical (unpaired) electrons. The van der Waals surface area contributed by atoms with E-state index in [0.29, 0.717) is 20.6 Å². The lowest BCUT2D eigenvalue weighted by molar-refractivity contribution is 0.622. The van der Waals surface area contributed by atoms with Gasteiger partial charge in [-0.05, 0) is 53.3 Å². The molecule has 1 heterocycles. The molecule has 2 aromatic carbocycles. The first-order valence-corrected chi connectivity index (χ1v) is 6.84. The van der Waals surface area contributed by atoms with Gasteiger partial charge in [0.05, 0.1) is 14.6 Å². The Labute approximate surface area is 123 Å². The molecule has 0 unspecified atom stereocenters. The molecule has 0 aliphatic rings. The van der Waals surface area contributed by atoms with Gasteiger partial charge in [-0.15, -0.1) is 0 Å². The summed E-state index contributed by atoms with van der Waals surface area (Å²) in [6.07, 6.45) is 0. The van der Waals surface area contributed by atoms with Crippen molar-refractivity contribution in [3.63, 3.8) is 0 Å². The zero-order chi connectivity index (χ0) is 13.6. The van der Waals surface area contributed by atoms with Crippen LogP contribution in [0, 0.1) is 16.3 Å².